The molecule has 0 spiro atoms. The van der Waals surface area contributed by atoms with Crippen molar-refractivity contribution in [2.45, 2.75) is 6.42 Å². The first kappa shape index (κ1) is 15.6. The number of nitrogens with zero attached hydrogens (tertiary/aromatic N) is 2. The van der Waals surface area contributed by atoms with Crippen LogP contribution in [0.3, 0.4) is 0 Å². The Morgan fingerprint density at radius 1 is 0.955 bits per heavy atom. The van der Waals surface area contributed by atoms with Crippen LogP contribution in [-0.2, 0) is 10.2 Å². The summed E-state index contributed by atoms with van der Waals surface area (Å²) in [6.07, 6.45) is 0.726. The molecule has 0 aliphatic carbocycles. The molecular weight excluding hydrogens is 388 g/mol. The summed E-state index contributed by atoms with van der Waals surface area (Å²) >= 11 is 9.57. The minimum atomic E-state index is -3.67. The molecule has 22 heavy (non-hydrogen) atoms. The Bertz CT molecular complexity index is 798. The van der Waals surface area contributed by atoms with Gasteiger partial charge in [-0.1, -0.05) is 51.8 Å². The van der Waals surface area contributed by atoms with Crippen LogP contribution in [0.2, 0.25) is 5.02 Å². The van der Waals surface area contributed by atoms with Crippen molar-refractivity contribution in [3.63, 3.8) is 0 Å². The van der Waals surface area contributed by atoms with E-state index in [2.05, 4.69) is 15.9 Å². The maximum atomic E-state index is 13.0. The highest BCUT2D eigenvalue weighted by Crippen LogP contribution is 2.46. The van der Waals surface area contributed by atoms with Gasteiger partial charge in [0.05, 0.1) is 22.1 Å². The summed E-state index contributed by atoms with van der Waals surface area (Å²) in [6.45, 7) is 0.422. The number of rotatable bonds is 4. The minimum Gasteiger partial charge on any atom is -0.251 e. The molecule has 116 valence electrons. The van der Waals surface area contributed by atoms with Gasteiger partial charge in [-0.25, -0.2) is 4.31 Å². The normalized spacial score (nSPS) is 15.9. The number of anilines is 3. The van der Waals surface area contributed by atoms with Crippen molar-refractivity contribution < 1.29 is 8.42 Å². The molecule has 1 aliphatic heterocycles. The molecule has 0 saturated heterocycles. The number of halogens is 2. The second kappa shape index (κ2) is 6.10. The fourth-order valence-electron chi connectivity index (χ4n) is 2.50. The monoisotopic (exact) mass is 400 g/mol. The number of alkyl halides is 1. The molecule has 1 heterocycles. The lowest BCUT2D eigenvalue weighted by Crippen LogP contribution is -2.36. The fraction of sp³-hybridized carbons (Fsp3) is 0.200. The molecule has 4 nitrogen and oxygen atoms in total. The highest BCUT2D eigenvalue weighted by Gasteiger charge is 2.41. The molecule has 0 saturated carbocycles. The van der Waals surface area contributed by atoms with Crippen molar-refractivity contribution in [2.24, 2.45) is 0 Å². The van der Waals surface area contributed by atoms with Crippen molar-refractivity contribution in [2.75, 3.05) is 20.5 Å². The summed E-state index contributed by atoms with van der Waals surface area (Å²) in [5.74, 6) is 0. The predicted octanol–water partition coefficient (Wildman–Crippen LogP) is 4.33. The maximum Gasteiger partial charge on any atom is 0.331 e. The molecule has 7 heteroatoms. The molecule has 3 rings (SSSR count). The van der Waals surface area contributed by atoms with E-state index in [-0.39, 0.29) is 0 Å². The molecule has 0 amide bonds. The number of hydrogen-bond donors (Lipinski definition) is 0. The Hall–Kier alpha value is -1.24. The Morgan fingerprint density at radius 3 is 2.18 bits per heavy atom. The third-order valence-electron chi connectivity index (χ3n) is 3.44. The number of fused-ring (bicyclic) bond motifs is 1. The van der Waals surface area contributed by atoms with E-state index in [4.69, 9.17) is 11.6 Å². The summed E-state index contributed by atoms with van der Waals surface area (Å²) in [5, 5.41) is 1.15. The van der Waals surface area contributed by atoms with E-state index in [1.54, 1.807) is 30.3 Å². The van der Waals surface area contributed by atoms with Crippen molar-refractivity contribution >= 4 is 54.8 Å². The van der Waals surface area contributed by atoms with Gasteiger partial charge in [0, 0.05) is 11.9 Å². The predicted molar refractivity (Wildman–Crippen MR) is 94.7 cm³/mol. The van der Waals surface area contributed by atoms with Gasteiger partial charge in [0.2, 0.25) is 0 Å². The first-order chi connectivity index (χ1) is 10.6. The van der Waals surface area contributed by atoms with E-state index in [0.717, 1.165) is 11.8 Å². The van der Waals surface area contributed by atoms with Gasteiger partial charge in [-0.05, 0) is 30.7 Å². The van der Waals surface area contributed by atoms with E-state index in [1.807, 2.05) is 18.2 Å². The molecular formula is C15H14BrClN2O2S. The van der Waals surface area contributed by atoms with E-state index < -0.39 is 10.2 Å². The highest BCUT2D eigenvalue weighted by molar-refractivity contribution is 9.09. The Labute approximate surface area is 143 Å². The van der Waals surface area contributed by atoms with Crippen LogP contribution in [0, 0.1) is 0 Å². The van der Waals surface area contributed by atoms with Gasteiger partial charge in [0.25, 0.3) is 0 Å². The lowest BCUT2D eigenvalue weighted by Gasteiger charge is -2.22. The van der Waals surface area contributed by atoms with E-state index in [9.17, 15) is 8.42 Å². The van der Waals surface area contributed by atoms with Gasteiger partial charge < -0.3 is 0 Å². The van der Waals surface area contributed by atoms with Gasteiger partial charge in [0.15, 0.2) is 0 Å². The maximum absolute atomic E-state index is 13.0. The van der Waals surface area contributed by atoms with Crippen LogP contribution in [-0.4, -0.2) is 20.3 Å². The zero-order valence-corrected chi connectivity index (χ0v) is 14.8. The van der Waals surface area contributed by atoms with Crippen molar-refractivity contribution in [3.8, 4) is 0 Å². The second-order valence-corrected chi connectivity index (χ2v) is 7.73. The SMILES string of the molecule is O=S1(=O)N(CCCBr)c2ccccc2N1c1ccccc1Cl. The van der Waals surface area contributed by atoms with Gasteiger partial charge in [-0.15, -0.1) is 0 Å². The third-order valence-corrected chi connectivity index (χ3v) is 6.12. The molecule has 0 unspecified atom stereocenters. The zero-order valence-electron chi connectivity index (χ0n) is 11.6. The van der Waals surface area contributed by atoms with Crippen molar-refractivity contribution in [3.05, 3.63) is 53.6 Å². The van der Waals surface area contributed by atoms with E-state index in [1.165, 1.54) is 8.61 Å². The molecule has 0 aromatic heterocycles. The lowest BCUT2D eigenvalue weighted by molar-refractivity contribution is 0.593. The van der Waals surface area contributed by atoms with E-state index >= 15 is 0 Å². The summed E-state index contributed by atoms with van der Waals surface area (Å²) in [7, 11) is -3.67. The van der Waals surface area contributed by atoms with E-state index in [0.29, 0.717) is 28.6 Å². The van der Waals surface area contributed by atoms with Crippen molar-refractivity contribution in [1.82, 2.24) is 0 Å². The summed E-state index contributed by atoms with van der Waals surface area (Å²) in [4.78, 5) is 0. The standard InChI is InChI=1S/C15H14BrClN2O2S/c16-10-5-11-18-14-8-3-4-9-15(14)19(22(18,20)21)13-7-2-1-6-12(13)17/h1-4,6-9H,5,10-11H2. The molecule has 0 N–H and O–H groups in total. The number of para-hydroxylation sites is 3. The highest BCUT2D eigenvalue weighted by atomic mass is 79.9. The van der Waals surface area contributed by atoms with Gasteiger partial charge in [-0.2, -0.15) is 8.42 Å². The first-order valence-electron chi connectivity index (χ1n) is 6.80. The van der Waals surface area contributed by atoms with Crippen LogP contribution in [0.25, 0.3) is 0 Å². The lowest BCUT2D eigenvalue weighted by atomic mass is 10.2. The molecule has 1 aliphatic rings. The van der Waals surface area contributed by atoms with Crippen LogP contribution < -0.4 is 8.61 Å². The second-order valence-electron chi connectivity index (χ2n) is 4.83. The first-order valence-corrected chi connectivity index (χ1v) is 9.69. The quantitative estimate of drug-likeness (QED) is 0.716. The topological polar surface area (TPSA) is 40.6 Å². The van der Waals surface area contributed by atoms with Gasteiger partial charge >= 0.3 is 10.2 Å². The number of benzene rings is 2. The van der Waals surface area contributed by atoms with Crippen LogP contribution in [0.5, 0.6) is 0 Å². The van der Waals surface area contributed by atoms with Crippen LogP contribution in [0.15, 0.2) is 48.5 Å². The fourth-order valence-corrected chi connectivity index (χ4v) is 4.80. The minimum absolute atomic E-state index is 0.406. The summed E-state index contributed by atoms with van der Waals surface area (Å²) in [6, 6.07) is 14.2. The summed E-state index contributed by atoms with van der Waals surface area (Å²) < 4.78 is 28.7. The van der Waals surface area contributed by atoms with Crippen molar-refractivity contribution in [1.29, 1.82) is 0 Å². The van der Waals surface area contributed by atoms with Crippen LogP contribution in [0.4, 0.5) is 17.1 Å². The zero-order chi connectivity index (χ0) is 15.7. The Kier molecular flexibility index (Phi) is 4.34. The molecule has 0 radical (unpaired) electrons. The van der Waals surface area contributed by atoms with Gasteiger partial charge in [-0.3, -0.25) is 4.31 Å². The average molecular weight is 402 g/mol. The molecule has 0 fully saturated rings. The Morgan fingerprint density at radius 2 is 1.55 bits per heavy atom. The van der Waals surface area contributed by atoms with Crippen LogP contribution >= 0.6 is 27.5 Å². The smallest absolute Gasteiger partial charge is 0.251 e. The molecule has 2 aromatic carbocycles. The molecule has 0 atom stereocenters. The largest absolute Gasteiger partial charge is 0.331 e. The average Bonchev–Trinajstić information content (AvgIpc) is 2.72. The van der Waals surface area contributed by atoms with Gasteiger partial charge in [0.1, 0.15) is 0 Å². The third kappa shape index (κ3) is 2.49. The number of hydrogen-bond acceptors (Lipinski definition) is 2. The summed E-state index contributed by atoms with van der Waals surface area (Å²) in [5.41, 5.74) is 1.78. The Balaban J connectivity index is 2.17. The van der Waals surface area contributed by atoms with Crippen LogP contribution in [0.1, 0.15) is 6.42 Å². The molecule has 2 aromatic rings. The molecule has 0 bridgehead atoms.